The Morgan fingerprint density at radius 3 is 2.35 bits per heavy atom. The predicted molar refractivity (Wildman–Crippen MR) is 104 cm³/mol. The van der Waals surface area contributed by atoms with Crippen molar-refractivity contribution in [3.05, 3.63) is 29.1 Å². The van der Waals surface area contributed by atoms with Gasteiger partial charge in [0.1, 0.15) is 0 Å². The number of nitrogens with zero attached hydrogens (tertiary/aromatic N) is 2. The first-order chi connectivity index (χ1) is 12.5. The molecule has 2 heterocycles. The van der Waals surface area contributed by atoms with Crippen molar-refractivity contribution in [2.45, 2.75) is 64.8 Å². The lowest BCUT2D eigenvalue weighted by Gasteiger charge is -2.29. The Labute approximate surface area is 156 Å². The van der Waals surface area contributed by atoms with Crippen molar-refractivity contribution >= 4 is 17.9 Å². The number of rotatable bonds is 4. The van der Waals surface area contributed by atoms with E-state index in [1.54, 1.807) is 6.08 Å². The van der Waals surface area contributed by atoms with Crippen LogP contribution in [-0.2, 0) is 9.59 Å². The Hall–Kier alpha value is -2.04. The van der Waals surface area contributed by atoms with Crippen molar-refractivity contribution in [1.82, 2.24) is 9.47 Å². The van der Waals surface area contributed by atoms with E-state index < -0.39 is 0 Å². The molecule has 0 spiro atoms. The molecule has 0 aromatic carbocycles. The summed E-state index contributed by atoms with van der Waals surface area (Å²) in [6.07, 6.45) is 11.5. The van der Waals surface area contributed by atoms with Crippen molar-refractivity contribution in [3.63, 3.8) is 0 Å². The number of hydrogen-bond donors (Lipinski definition) is 1. The van der Waals surface area contributed by atoms with Crippen LogP contribution in [0.3, 0.4) is 0 Å². The summed E-state index contributed by atoms with van der Waals surface area (Å²) < 4.78 is 2.46. The van der Waals surface area contributed by atoms with E-state index in [1.807, 2.05) is 11.0 Å². The van der Waals surface area contributed by atoms with Crippen LogP contribution < -0.4 is 5.73 Å². The third kappa shape index (κ3) is 4.02. The number of aromatic nitrogens is 1. The Kier molecular flexibility index (Phi) is 5.84. The molecule has 3 rings (SSSR count). The lowest BCUT2D eigenvalue weighted by Crippen LogP contribution is -2.41. The lowest BCUT2D eigenvalue weighted by molar-refractivity contribution is -0.130. The van der Waals surface area contributed by atoms with Crippen LogP contribution in [0.1, 0.15) is 67.9 Å². The van der Waals surface area contributed by atoms with Crippen molar-refractivity contribution in [2.75, 3.05) is 13.1 Å². The number of carbonyl (C=O) groups is 2. The molecule has 1 saturated heterocycles. The van der Waals surface area contributed by atoms with Gasteiger partial charge in [0.05, 0.1) is 0 Å². The molecule has 2 fully saturated rings. The molecule has 2 amide bonds. The zero-order valence-electron chi connectivity index (χ0n) is 16.0. The maximum absolute atomic E-state index is 12.5. The summed E-state index contributed by atoms with van der Waals surface area (Å²) in [6.45, 7) is 5.54. The molecule has 1 aromatic rings. The van der Waals surface area contributed by atoms with E-state index in [-0.39, 0.29) is 17.7 Å². The second kappa shape index (κ2) is 8.11. The number of piperidine rings is 1. The van der Waals surface area contributed by atoms with Crippen molar-refractivity contribution in [1.29, 1.82) is 0 Å². The number of likely N-dealkylation sites (tertiary alicyclic amines) is 1. The maximum atomic E-state index is 12.5. The number of amides is 2. The first-order valence-corrected chi connectivity index (χ1v) is 9.92. The van der Waals surface area contributed by atoms with Crippen LogP contribution in [0.5, 0.6) is 0 Å². The first kappa shape index (κ1) is 18.7. The van der Waals surface area contributed by atoms with Crippen molar-refractivity contribution in [2.24, 2.45) is 11.7 Å². The molecule has 1 saturated carbocycles. The smallest absolute Gasteiger partial charge is 0.246 e. The Bertz CT molecular complexity index is 690. The van der Waals surface area contributed by atoms with Gasteiger partial charge in [0, 0.05) is 42.5 Å². The van der Waals surface area contributed by atoms with Gasteiger partial charge in [0.2, 0.25) is 11.8 Å². The van der Waals surface area contributed by atoms with Crippen LogP contribution in [0.2, 0.25) is 0 Å². The summed E-state index contributed by atoms with van der Waals surface area (Å²) >= 11 is 0. The summed E-state index contributed by atoms with van der Waals surface area (Å²) in [6, 6.07) is 2.79. The van der Waals surface area contributed by atoms with Gasteiger partial charge in [-0.1, -0.05) is 19.3 Å². The van der Waals surface area contributed by atoms with Crippen molar-refractivity contribution in [3.8, 4) is 0 Å². The Morgan fingerprint density at radius 1 is 1.08 bits per heavy atom. The summed E-state index contributed by atoms with van der Waals surface area (Å²) in [7, 11) is 0. The van der Waals surface area contributed by atoms with E-state index in [4.69, 9.17) is 5.73 Å². The molecular weight excluding hydrogens is 326 g/mol. The van der Waals surface area contributed by atoms with E-state index in [9.17, 15) is 9.59 Å². The largest absolute Gasteiger partial charge is 0.369 e. The highest BCUT2D eigenvalue weighted by molar-refractivity contribution is 5.92. The molecule has 5 heteroatoms. The summed E-state index contributed by atoms with van der Waals surface area (Å²) in [5.74, 6) is -0.310. The van der Waals surface area contributed by atoms with E-state index in [2.05, 4.69) is 24.5 Å². The fourth-order valence-electron chi connectivity index (χ4n) is 4.52. The normalized spacial score (nSPS) is 20.0. The number of hydrogen-bond acceptors (Lipinski definition) is 2. The average Bonchev–Trinajstić information content (AvgIpc) is 2.94. The fourth-order valence-corrected chi connectivity index (χ4v) is 4.52. The van der Waals surface area contributed by atoms with Crippen LogP contribution in [0.15, 0.2) is 12.1 Å². The summed E-state index contributed by atoms with van der Waals surface area (Å²) in [5, 5.41) is 0. The number of carbonyl (C=O) groups excluding carboxylic acids is 2. The zero-order valence-corrected chi connectivity index (χ0v) is 16.0. The molecule has 1 aliphatic carbocycles. The predicted octanol–water partition coefficient (Wildman–Crippen LogP) is 3.35. The van der Waals surface area contributed by atoms with Gasteiger partial charge in [-0.3, -0.25) is 9.59 Å². The Morgan fingerprint density at radius 2 is 1.73 bits per heavy atom. The first-order valence-electron chi connectivity index (χ1n) is 9.92. The van der Waals surface area contributed by atoms with E-state index in [0.29, 0.717) is 32.0 Å². The maximum Gasteiger partial charge on any atom is 0.246 e. The monoisotopic (exact) mass is 357 g/mol. The molecule has 1 aromatic heterocycles. The van der Waals surface area contributed by atoms with Crippen LogP contribution in [-0.4, -0.2) is 34.4 Å². The summed E-state index contributed by atoms with van der Waals surface area (Å²) in [5.41, 5.74) is 9.03. The van der Waals surface area contributed by atoms with Crippen LogP contribution in [0, 0.1) is 19.8 Å². The standard InChI is InChI=1S/C21H31N3O2/c1-15-14-18(16(2)24(15)19-6-4-3-5-7-19)8-9-20(25)23-12-10-17(11-13-23)21(22)26/h8-9,14,17,19H,3-7,10-13H2,1-2H3,(H2,22,26)/b9-8+. The SMILES string of the molecule is Cc1cc(/C=C/C(=O)N2CCC(C(N)=O)CC2)c(C)n1C1CCCCC1. The minimum absolute atomic E-state index is 0.0235. The minimum Gasteiger partial charge on any atom is -0.369 e. The third-order valence-electron chi connectivity index (χ3n) is 6.08. The molecule has 5 nitrogen and oxygen atoms in total. The molecule has 0 atom stereocenters. The van der Waals surface area contributed by atoms with E-state index in [1.165, 1.54) is 43.5 Å². The highest BCUT2D eigenvalue weighted by atomic mass is 16.2. The van der Waals surface area contributed by atoms with Gasteiger partial charge in [-0.2, -0.15) is 0 Å². The van der Waals surface area contributed by atoms with Gasteiger partial charge in [0.15, 0.2) is 0 Å². The lowest BCUT2D eigenvalue weighted by atomic mass is 9.95. The van der Waals surface area contributed by atoms with Gasteiger partial charge in [-0.25, -0.2) is 0 Å². The van der Waals surface area contributed by atoms with Gasteiger partial charge in [-0.05, 0) is 57.2 Å². The molecule has 0 radical (unpaired) electrons. The van der Waals surface area contributed by atoms with Crippen LogP contribution >= 0.6 is 0 Å². The number of nitrogens with two attached hydrogens (primary N) is 1. The minimum atomic E-state index is -0.247. The molecular formula is C21H31N3O2. The second-order valence-electron chi connectivity index (χ2n) is 7.82. The third-order valence-corrected chi connectivity index (χ3v) is 6.08. The average molecular weight is 357 g/mol. The van der Waals surface area contributed by atoms with E-state index >= 15 is 0 Å². The van der Waals surface area contributed by atoms with Gasteiger partial charge < -0.3 is 15.2 Å². The molecule has 142 valence electrons. The van der Waals surface area contributed by atoms with Gasteiger partial charge in [0.25, 0.3) is 0 Å². The molecule has 1 aliphatic heterocycles. The number of aryl methyl sites for hydroxylation is 1. The fraction of sp³-hybridized carbons (Fsp3) is 0.619. The highest BCUT2D eigenvalue weighted by Crippen LogP contribution is 2.32. The highest BCUT2D eigenvalue weighted by Gasteiger charge is 2.25. The molecule has 0 bridgehead atoms. The van der Waals surface area contributed by atoms with Crippen molar-refractivity contribution < 1.29 is 9.59 Å². The molecule has 0 unspecified atom stereocenters. The summed E-state index contributed by atoms with van der Waals surface area (Å²) in [4.78, 5) is 25.5. The van der Waals surface area contributed by atoms with Gasteiger partial charge in [-0.15, -0.1) is 0 Å². The number of primary amides is 1. The van der Waals surface area contributed by atoms with E-state index in [0.717, 1.165) is 5.56 Å². The Balaban J connectivity index is 1.65. The molecule has 26 heavy (non-hydrogen) atoms. The quantitative estimate of drug-likeness (QED) is 0.840. The van der Waals surface area contributed by atoms with Crippen LogP contribution in [0.4, 0.5) is 0 Å². The topological polar surface area (TPSA) is 68.3 Å². The second-order valence-corrected chi connectivity index (χ2v) is 7.82. The van der Waals surface area contributed by atoms with Crippen LogP contribution in [0.25, 0.3) is 6.08 Å². The molecule has 2 aliphatic rings. The molecule has 2 N–H and O–H groups in total. The van der Waals surface area contributed by atoms with Gasteiger partial charge >= 0.3 is 0 Å². The zero-order chi connectivity index (χ0) is 18.7.